The summed E-state index contributed by atoms with van der Waals surface area (Å²) >= 11 is 0. The van der Waals surface area contributed by atoms with Crippen molar-refractivity contribution >= 4 is 26.5 Å². The Morgan fingerprint density at radius 3 is 1.06 bits per heavy atom. The van der Waals surface area contributed by atoms with Crippen molar-refractivity contribution in [2.24, 2.45) is 0 Å². The van der Waals surface area contributed by atoms with Gasteiger partial charge in [-0.25, -0.2) is 0 Å². The standard InChI is InChI=1S/C43H62O2P2/c1-5-20-36(21-6-1)46(37-22-7-2-8-23-37)40-28-13-16-32-30-35-19-15-18-34(44-42(32)40)31-33-17-14-29-41(43(33)45-35)47(38-24-9-3-10-25-38)39-26-11-4-12-27-39/h13-14,16-17,28-29,34-39H,1-12,15,18-27,30-31H2/t34-,35?/m1/s1. The summed E-state index contributed by atoms with van der Waals surface area (Å²) in [6, 6.07) is 14.8. The maximum absolute atomic E-state index is 7.49. The zero-order valence-corrected chi connectivity index (χ0v) is 31.1. The highest BCUT2D eigenvalue weighted by Gasteiger charge is 2.38. The average molecular weight is 673 g/mol. The lowest BCUT2D eigenvalue weighted by molar-refractivity contribution is 0.189. The van der Waals surface area contributed by atoms with Crippen LogP contribution in [-0.2, 0) is 12.8 Å². The Bertz CT molecular complexity index is 1170. The number of ether oxygens (including phenoxy) is 2. The van der Waals surface area contributed by atoms with Crippen LogP contribution in [-0.4, -0.2) is 34.8 Å². The van der Waals surface area contributed by atoms with Gasteiger partial charge < -0.3 is 9.47 Å². The maximum Gasteiger partial charge on any atom is 0.130 e. The summed E-state index contributed by atoms with van der Waals surface area (Å²) in [6.45, 7) is 0. The van der Waals surface area contributed by atoms with E-state index < -0.39 is 0 Å². The number of benzene rings is 2. The maximum atomic E-state index is 7.49. The van der Waals surface area contributed by atoms with Gasteiger partial charge in [-0.15, -0.1) is 0 Å². The number of fused-ring (bicyclic) bond motifs is 6. The van der Waals surface area contributed by atoms with Gasteiger partial charge in [0.1, 0.15) is 23.7 Å². The summed E-state index contributed by atoms with van der Waals surface area (Å²) in [6.07, 6.45) is 34.9. The average Bonchev–Trinajstić information content (AvgIpc) is 3.27. The molecule has 4 heteroatoms. The molecule has 8 rings (SSSR count). The fourth-order valence-electron chi connectivity index (χ4n) is 10.8. The van der Waals surface area contributed by atoms with E-state index in [1.807, 2.05) is 0 Å². The molecule has 0 amide bonds. The van der Waals surface area contributed by atoms with E-state index in [-0.39, 0.29) is 28.1 Å². The molecule has 0 radical (unpaired) electrons. The summed E-state index contributed by atoms with van der Waals surface area (Å²) in [7, 11) is -0.411. The summed E-state index contributed by atoms with van der Waals surface area (Å²) in [4.78, 5) is 0. The Hall–Kier alpha value is -1.10. The fraction of sp³-hybridized carbons (Fsp3) is 0.721. The molecule has 47 heavy (non-hydrogen) atoms. The van der Waals surface area contributed by atoms with Gasteiger partial charge in [0, 0.05) is 23.5 Å². The fourth-order valence-corrected chi connectivity index (χ4v) is 18.6. The number of hydrogen-bond donors (Lipinski definition) is 0. The number of rotatable bonds is 6. The molecule has 2 bridgehead atoms. The van der Waals surface area contributed by atoms with Crippen molar-refractivity contribution in [2.75, 3.05) is 0 Å². The van der Waals surface area contributed by atoms with Gasteiger partial charge >= 0.3 is 0 Å². The van der Waals surface area contributed by atoms with Crippen LogP contribution in [0, 0.1) is 0 Å². The van der Waals surface area contributed by atoms with Gasteiger partial charge in [0.15, 0.2) is 0 Å². The van der Waals surface area contributed by atoms with Crippen molar-refractivity contribution in [1.29, 1.82) is 0 Å². The molecular formula is C43H62O2P2. The van der Waals surface area contributed by atoms with Crippen LogP contribution >= 0.6 is 15.8 Å². The van der Waals surface area contributed by atoms with Gasteiger partial charge in [-0.2, -0.15) is 0 Å². The second kappa shape index (κ2) is 15.8. The molecule has 6 aliphatic rings. The normalized spacial score (nSPS) is 27.1. The lowest BCUT2D eigenvalue weighted by atomic mass is 9.99. The molecule has 4 saturated carbocycles. The highest BCUT2D eigenvalue weighted by Crippen LogP contribution is 2.58. The smallest absolute Gasteiger partial charge is 0.130 e. The zero-order valence-electron chi connectivity index (χ0n) is 29.3. The van der Waals surface area contributed by atoms with E-state index in [9.17, 15) is 0 Å². The lowest BCUT2D eigenvalue weighted by Crippen LogP contribution is -2.32. The van der Waals surface area contributed by atoms with Crippen LogP contribution < -0.4 is 20.1 Å². The molecule has 0 aromatic heterocycles. The van der Waals surface area contributed by atoms with Crippen LogP contribution in [0.4, 0.5) is 0 Å². The Labute approximate surface area is 289 Å². The Morgan fingerprint density at radius 1 is 0.383 bits per heavy atom. The molecule has 1 unspecified atom stereocenters. The quantitative estimate of drug-likeness (QED) is 0.284. The van der Waals surface area contributed by atoms with Gasteiger partial charge in [0.25, 0.3) is 0 Å². The first-order chi connectivity index (χ1) is 23.3. The van der Waals surface area contributed by atoms with E-state index in [4.69, 9.17) is 9.47 Å². The van der Waals surface area contributed by atoms with Crippen molar-refractivity contribution < 1.29 is 9.47 Å². The van der Waals surface area contributed by atoms with Crippen LogP contribution in [0.2, 0.25) is 0 Å². The molecular weight excluding hydrogens is 610 g/mol. The van der Waals surface area contributed by atoms with E-state index in [1.54, 1.807) is 10.6 Å². The molecule has 0 spiro atoms. The van der Waals surface area contributed by atoms with Gasteiger partial charge in [-0.05, 0) is 104 Å². The van der Waals surface area contributed by atoms with Crippen LogP contribution in [0.5, 0.6) is 11.5 Å². The summed E-state index contributed by atoms with van der Waals surface area (Å²) in [5, 5.41) is 3.30. The molecule has 2 aliphatic heterocycles. The van der Waals surface area contributed by atoms with E-state index in [0.29, 0.717) is 0 Å². The molecule has 2 aromatic carbocycles. The molecule has 2 nitrogen and oxygen atoms in total. The predicted molar refractivity (Wildman–Crippen MR) is 204 cm³/mol. The van der Waals surface area contributed by atoms with Crippen molar-refractivity contribution in [1.82, 2.24) is 0 Å². The number of para-hydroxylation sites is 2. The SMILES string of the molecule is c1cc2c(c(P(C3CCCCC3)C3CCCCC3)c1)OC1CCC[C@H](C2)Oc2c(cccc2P(C2CCCCC2)C2CCCCC2)C1. The predicted octanol–water partition coefficient (Wildman–Crippen LogP) is 11.7. The monoisotopic (exact) mass is 672 g/mol. The third-order valence-corrected chi connectivity index (χ3v) is 20.1. The Morgan fingerprint density at radius 2 is 0.723 bits per heavy atom. The summed E-state index contributed by atoms with van der Waals surface area (Å²) in [5.41, 5.74) is 6.49. The van der Waals surface area contributed by atoms with Crippen molar-refractivity contribution in [3.8, 4) is 11.5 Å². The van der Waals surface area contributed by atoms with Crippen LogP contribution in [0.25, 0.3) is 0 Å². The number of hydrogen-bond acceptors (Lipinski definition) is 2. The third-order valence-electron chi connectivity index (χ3n) is 13.1. The minimum atomic E-state index is -0.205. The zero-order chi connectivity index (χ0) is 31.4. The van der Waals surface area contributed by atoms with Gasteiger partial charge in [-0.1, -0.05) is 129 Å². The second-order valence-corrected chi connectivity index (χ2v) is 21.8. The van der Waals surface area contributed by atoms with Crippen molar-refractivity contribution in [3.05, 3.63) is 47.5 Å². The molecule has 2 atom stereocenters. The van der Waals surface area contributed by atoms with Crippen molar-refractivity contribution in [2.45, 2.75) is 195 Å². The van der Waals surface area contributed by atoms with E-state index >= 15 is 0 Å². The third kappa shape index (κ3) is 7.51. The summed E-state index contributed by atoms with van der Waals surface area (Å²) in [5.74, 6) is 2.64. The molecule has 256 valence electrons. The minimum Gasteiger partial charge on any atom is -0.489 e. The first-order valence-corrected chi connectivity index (χ1v) is 23.4. The molecule has 4 aliphatic carbocycles. The van der Waals surface area contributed by atoms with Gasteiger partial charge in [0.05, 0.1) is 0 Å². The highest BCUT2D eigenvalue weighted by atomic mass is 31.1. The minimum absolute atomic E-state index is 0.205. The van der Waals surface area contributed by atoms with Crippen molar-refractivity contribution in [3.63, 3.8) is 0 Å². The largest absolute Gasteiger partial charge is 0.489 e. The molecule has 0 saturated heterocycles. The first kappa shape index (κ1) is 33.1. The lowest BCUT2D eigenvalue weighted by Gasteiger charge is -2.40. The van der Waals surface area contributed by atoms with Gasteiger partial charge in [-0.3, -0.25) is 0 Å². The van der Waals surface area contributed by atoms with E-state index in [0.717, 1.165) is 48.3 Å². The van der Waals surface area contributed by atoms with E-state index in [2.05, 4.69) is 36.4 Å². The topological polar surface area (TPSA) is 18.5 Å². The molecule has 2 heterocycles. The summed E-state index contributed by atoms with van der Waals surface area (Å²) < 4.78 is 15.0. The van der Waals surface area contributed by atoms with Crippen LogP contribution in [0.15, 0.2) is 36.4 Å². The molecule has 0 N–H and O–H groups in total. The molecule has 2 aromatic rings. The first-order valence-electron chi connectivity index (χ1n) is 20.5. The second-order valence-electron chi connectivity index (χ2n) is 16.3. The highest BCUT2D eigenvalue weighted by molar-refractivity contribution is 7.67. The Kier molecular flexibility index (Phi) is 11.1. The van der Waals surface area contributed by atoms with Crippen LogP contribution in [0.3, 0.4) is 0 Å². The molecule has 4 fully saturated rings. The van der Waals surface area contributed by atoms with Gasteiger partial charge in [0.2, 0.25) is 0 Å². The Balaban J connectivity index is 1.16. The van der Waals surface area contributed by atoms with Crippen LogP contribution in [0.1, 0.15) is 159 Å². The van der Waals surface area contributed by atoms with E-state index in [1.165, 1.54) is 157 Å².